The van der Waals surface area contributed by atoms with Crippen LogP contribution in [0, 0.1) is 6.92 Å². The topological polar surface area (TPSA) is 49.3 Å². The number of nitrogens with one attached hydrogen (secondary N) is 1. The van der Waals surface area contributed by atoms with E-state index in [1.54, 1.807) is 0 Å². The third kappa shape index (κ3) is 3.68. The molecule has 2 aromatic rings. The highest BCUT2D eigenvalue weighted by Crippen LogP contribution is 2.21. The normalized spacial score (nSPS) is 12.1. The van der Waals surface area contributed by atoms with E-state index >= 15 is 0 Å². The number of thiophene rings is 1. The van der Waals surface area contributed by atoms with Gasteiger partial charge in [0.25, 0.3) is 5.91 Å². The Balaban J connectivity index is 2.12. The van der Waals surface area contributed by atoms with Crippen LogP contribution in [0.2, 0.25) is 0 Å². The Morgan fingerprint density at radius 2 is 2.05 bits per heavy atom. The van der Waals surface area contributed by atoms with Crippen LogP contribution in [0.1, 0.15) is 39.7 Å². The molecule has 2 rings (SSSR count). The Morgan fingerprint density at radius 1 is 1.30 bits per heavy atom. The molecule has 0 fully saturated rings. The van der Waals surface area contributed by atoms with Gasteiger partial charge < -0.3 is 10.4 Å². The van der Waals surface area contributed by atoms with E-state index in [0.717, 1.165) is 22.4 Å². The highest BCUT2D eigenvalue weighted by molar-refractivity contribution is 7.12. The summed E-state index contributed by atoms with van der Waals surface area (Å²) in [5, 5.41) is 14.0. The maximum Gasteiger partial charge on any atom is 0.262 e. The number of carbonyl (C=O) groups is 1. The molecule has 0 aliphatic heterocycles. The summed E-state index contributed by atoms with van der Waals surface area (Å²) in [4.78, 5) is 13.1. The largest absolute Gasteiger partial charge is 0.396 e. The zero-order chi connectivity index (χ0) is 14.4. The fourth-order valence-corrected chi connectivity index (χ4v) is 2.96. The van der Waals surface area contributed by atoms with Crippen LogP contribution in [0.3, 0.4) is 0 Å². The van der Waals surface area contributed by atoms with Crippen molar-refractivity contribution in [1.29, 1.82) is 0 Å². The first-order chi connectivity index (χ1) is 9.72. The molecule has 0 bridgehead atoms. The van der Waals surface area contributed by atoms with Gasteiger partial charge in [0, 0.05) is 6.61 Å². The van der Waals surface area contributed by atoms with E-state index in [1.165, 1.54) is 11.3 Å². The van der Waals surface area contributed by atoms with Crippen LogP contribution in [0.15, 0.2) is 41.8 Å². The molecule has 0 aliphatic carbocycles. The van der Waals surface area contributed by atoms with Crippen molar-refractivity contribution in [1.82, 2.24) is 5.32 Å². The van der Waals surface area contributed by atoms with Crippen LogP contribution in [0.5, 0.6) is 0 Å². The zero-order valence-corrected chi connectivity index (χ0v) is 12.3. The number of aliphatic hydroxyl groups excluding tert-OH is 1. The fraction of sp³-hybridized carbons (Fsp3) is 0.312. The highest BCUT2D eigenvalue weighted by Gasteiger charge is 2.17. The third-order valence-electron chi connectivity index (χ3n) is 3.23. The quantitative estimate of drug-likeness (QED) is 0.857. The van der Waals surface area contributed by atoms with E-state index in [2.05, 4.69) is 5.32 Å². The Morgan fingerprint density at radius 3 is 2.65 bits per heavy atom. The van der Waals surface area contributed by atoms with E-state index in [0.29, 0.717) is 6.42 Å². The van der Waals surface area contributed by atoms with Crippen LogP contribution in [0.4, 0.5) is 0 Å². The molecule has 1 heterocycles. The van der Waals surface area contributed by atoms with Crippen LogP contribution in [-0.4, -0.2) is 17.6 Å². The summed E-state index contributed by atoms with van der Waals surface area (Å²) in [5.74, 6) is -0.0377. The Labute approximate surface area is 123 Å². The van der Waals surface area contributed by atoms with Crippen LogP contribution < -0.4 is 5.32 Å². The lowest BCUT2D eigenvalue weighted by molar-refractivity contribution is 0.0936. The smallest absolute Gasteiger partial charge is 0.262 e. The molecule has 20 heavy (non-hydrogen) atoms. The van der Waals surface area contributed by atoms with Gasteiger partial charge in [0.05, 0.1) is 10.9 Å². The van der Waals surface area contributed by atoms with Crippen molar-refractivity contribution in [3.8, 4) is 0 Å². The lowest BCUT2D eigenvalue weighted by Crippen LogP contribution is -2.28. The molecule has 0 saturated heterocycles. The number of benzene rings is 1. The molecule has 106 valence electrons. The van der Waals surface area contributed by atoms with Crippen LogP contribution in [0.25, 0.3) is 0 Å². The van der Waals surface area contributed by atoms with Gasteiger partial charge >= 0.3 is 0 Å². The molecule has 0 saturated carbocycles. The number of aliphatic hydroxyl groups is 1. The number of carbonyl (C=O) groups excluding carboxylic acids is 1. The summed E-state index contributed by atoms with van der Waals surface area (Å²) in [6.07, 6.45) is 1.40. The van der Waals surface area contributed by atoms with Crippen LogP contribution >= 0.6 is 11.3 Å². The molecule has 1 amide bonds. The lowest BCUT2D eigenvalue weighted by atomic mass is 10.0. The second-order valence-electron chi connectivity index (χ2n) is 4.74. The lowest BCUT2D eigenvalue weighted by Gasteiger charge is -2.18. The first-order valence-electron chi connectivity index (χ1n) is 6.73. The third-order valence-corrected chi connectivity index (χ3v) is 4.24. The van der Waals surface area contributed by atoms with Gasteiger partial charge in [-0.1, -0.05) is 30.3 Å². The second kappa shape index (κ2) is 7.22. The van der Waals surface area contributed by atoms with Gasteiger partial charge in [-0.25, -0.2) is 0 Å². The number of hydrogen-bond acceptors (Lipinski definition) is 3. The summed E-state index contributed by atoms with van der Waals surface area (Å²) < 4.78 is 0. The Hall–Kier alpha value is -1.65. The Kier molecular flexibility index (Phi) is 5.32. The predicted octanol–water partition coefficient (Wildman–Crippen LogP) is 3.30. The molecule has 1 atom stereocenters. The number of aryl methyl sites for hydroxylation is 1. The van der Waals surface area contributed by atoms with Gasteiger partial charge in [-0.05, 0) is 42.3 Å². The number of amides is 1. The van der Waals surface area contributed by atoms with Crippen molar-refractivity contribution >= 4 is 17.2 Å². The summed E-state index contributed by atoms with van der Waals surface area (Å²) in [7, 11) is 0. The average molecular weight is 289 g/mol. The molecular weight excluding hydrogens is 270 g/mol. The maximum atomic E-state index is 12.3. The molecule has 0 spiro atoms. The van der Waals surface area contributed by atoms with Crippen LogP contribution in [-0.2, 0) is 0 Å². The summed E-state index contributed by atoms with van der Waals surface area (Å²) in [6.45, 7) is 2.08. The van der Waals surface area contributed by atoms with Gasteiger partial charge in [-0.15, -0.1) is 11.3 Å². The van der Waals surface area contributed by atoms with E-state index < -0.39 is 0 Å². The minimum absolute atomic E-state index is 0.0377. The SMILES string of the molecule is Cc1ccsc1C(=O)NC(CCCO)c1ccccc1. The molecule has 1 aromatic heterocycles. The molecular formula is C16H19NO2S. The predicted molar refractivity (Wildman–Crippen MR) is 82.0 cm³/mol. The minimum Gasteiger partial charge on any atom is -0.396 e. The van der Waals surface area contributed by atoms with Crippen molar-refractivity contribution in [2.45, 2.75) is 25.8 Å². The molecule has 0 radical (unpaired) electrons. The minimum atomic E-state index is -0.0580. The number of hydrogen-bond donors (Lipinski definition) is 2. The average Bonchev–Trinajstić information content (AvgIpc) is 2.90. The first-order valence-corrected chi connectivity index (χ1v) is 7.61. The van der Waals surface area contributed by atoms with Gasteiger partial charge in [-0.2, -0.15) is 0 Å². The van der Waals surface area contributed by atoms with Gasteiger partial charge in [0.1, 0.15) is 0 Å². The molecule has 3 nitrogen and oxygen atoms in total. The van der Waals surface area contributed by atoms with Gasteiger partial charge in [0.15, 0.2) is 0 Å². The summed E-state index contributed by atoms with van der Waals surface area (Å²) >= 11 is 1.46. The van der Waals surface area contributed by atoms with Crippen molar-refractivity contribution in [3.63, 3.8) is 0 Å². The standard InChI is InChI=1S/C16H19NO2S/c1-12-9-11-20-15(12)16(19)17-14(8-5-10-18)13-6-3-2-4-7-13/h2-4,6-7,9,11,14,18H,5,8,10H2,1H3,(H,17,19). The molecule has 1 aromatic carbocycles. The molecule has 1 unspecified atom stereocenters. The van der Waals surface area contributed by atoms with Crippen molar-refractivity contribution < 1.29 is 9.90 Å². The van der Waals surface area contributed by atoms with Gasteiger partial charge in [-0.3, -0.25) is 4.79 Å². The fourth-order valence-electron chi connectivity index (χ4n) is 2.13. The van der Waals surface area contributed by atoms with Crippen molar-refractivity contribution in [2.75, 3.05) is 6.61 Å². The molecule has 4 heteroatoms. The monoisotopic (exact) mass is 289 g/mol. The van der Waals surface area contributed by atoms with E-state index in [9.17, 15) is 4.79 Å². The Bertz CT molecular complexity index is 551. The second-order valence-corrected chi connectivity index (χ2v) is 5.65. The number of rotatable bonds is 6. The maximum absolute atomic E-state index is 12.3. The van der Waals surface area contributed by atoms with Crippen molar-refractivity contribution in [2.24, 2.45) is 0 Å². The van der Waals surface area contributed by atoms with E-state index in [1.807, 2.05) is 48.7 Å². The first kappa shape index (κ1) is 14.8. The molecule has 2 N–H and O–H groups in total. The molecule has 0 aliphatic rings. The van der Waals surface area contributed by atoms with E-state index in [4.69, 9.17) is 5.11 Å². The summed E-state index contributed by atoms with van der Waals surface area (Å²) in [6, 6.07) is 11.8. The van der Waals surface area contributed by atoms with Crippen molar-refractivity contribution in [3.05, 3.63) is 57.8 Å². The zero-order valence-electron chi connectivity index (χ0n) is 11.5. The highest BCUT2D eigenvalue weighted by atomic mass is 32.1. The van der Waals surface area contributed by atoms with E-state index in [-0.39, 0.29) is 18.6 Å². The van der Waals surface area contributed by atoms with Gasteiger partial charge in [0.2, 0.25) is 0 Å². The summed E-state index contributed by atoms with van der Waals surface area (Å²) in [5.41, 5.74) is 2.07.